The molecule has 0 aromatic carbocycles. The van der Waals surface area contributed by atoms with E-state index in [9.17, 15) is 8.78 Å². The second-order valence-corrected chi connectivity index (χ2v) is 4.67. The van der Waals surface area contributed by atoms with Crippen LogP contribution in [0, 0.1) is 0 Å². The zero-order chi connectivity index (χ0) is 13.2. The lowest BCUT2D eigenvalue weighted by atomic mass is 9.95. The van der Waals surface area contributed by atoms with Gasteiger partial charge in [-0.3, -0.25) is 0 Å². The molecule has 0 aliphatic rings. The summed E-state index contributed by atoms with van der Waals surface area (Å²) < 4.78 is 30.7. The monoisotopic (exact) mass is 264 g/mol. The summed E-state index contributed by atoms with van der Waals surface area (Å²) in [6, 6.07) is 1.36. The molecule has 3 nitrogen and oxygen atoms in total. The molecule has 0 amide bonds. The van der Waals surface area contributed by atoms with E-state index in [4.69, 9.17) is 22.1 Å². The smallest absolute Gasteiger partial charge is 0.260 e. The third-order valence-corrected chi connectivity index (χ3v) is 2.50. The lowest BCUT2D eigenvalue weighted by Gasteiger charge is -2.24. The summed E-state index contributed by atoms with van der Waals surface area (Å²) in [5, 5.41) is 0.175. The molecule has 2 N–H and O–H groups in total. The maximum Gasteiger partial charge on any atom is 0.260 e. The number of aromatic nitrogens is 1. The van der Waals surface area contributed by atoms with Gasteiger partial charge in [0, 0.05) is 6.20 Å². The fourth-order valence-electron chi connectivity index (χ4n) is 1.16. The Morgan fingerprint density at radius 2 is 2.06 bits per heavy atom. The van der Waals surface area contributed by atoms with Crippen LogP contribution >= 0.6 is 11.6 Å². The van der Waals surface area contributed by atoms with Crippen molar-refractivity contribution >= 4 is 11.6 Å². The molecule has 0 aliphatic carbocycles. The summed E-state index contributed by atoms with van der Waals surface area (Å²) >= 11 is 5.90. The number of hydrogen-bond donors (Lipinski definition) is 1. The highest BCUT2D eigenvalue weighted by atomic mass is 35.5. The Hall–Kier alpha value is -0.940. The van der Waals surface area contributed by atoms with Gasteiger partial charge >= 0.3 is 0 Å². The van der Waals surface area contributed by atoms with Crippen molar-refractivity contribution in [1.29, 1.82) is 0 Å². The fraction of sp³-hybridized carbons (Fsp3) is 0.545. The van der Waals surface area contributed by atoms with Crippen LogP contribution < -0.4 is 10.5 Å². The van der Waals surface area contributed by atoms with Crippen LogP contribution in [-0.2, 0) is 5.54 Å². The summed E-state index contributed by atoms with van der Waals surface area (Å²) in [6.45, 7) is 4.87. The predicted molar refractivity (Wildman–Crippen MR) is 62.6 cm³/mol. The van der Waals surface area contributed by atoms with Gasteiger partial charge in [0.25, 0.3) is 6.43 Å². The van der Waals surface area contributed by atoms with Gasteiger partial charge in [0.05, 0.1) is 6.10 Å². The van der Waals surface area contributed by atoms with Gasteiger partial charge in [0.1, 0.15) is 10.6 Å². The highest BCUT2D eigenvalue weighted by Crippen LogP contribution is 2.30. The van der Waals surface area contributed by atoms with Gasteiger partial charge in [0.2, 0.25) is 5.88 Å². The van der Waals surface area contributed by atoms with Gasteiger partial charge in [-0.25, -0.2) is 13.8 Å². The van der Waals surface area contributed by atoms with E-state index in [1.165, 1.54) is 19.2 Å². The van der Waals surface area contributed by atoms with Crippen LogP contribution in [0.5, 0.6) is 5.88 Å². The normalized spacial score (nSPS) is 15.1. The van der Waals surface area contributed by atoms with E-state index in [1.807, 2.05) is 13.8 Å². The van der Waals surface area contributed by atoms with Crippen molar-refractivity contribution in [3.63, 3.8) is 0 Å². The molecule has 1 atom stereocenters. The highest BCUT2D eigenvalue weighted by molar-refractivity contribution is 6.31. The van der Waals surface area contributed by atoms with E-state index in [2.05, 4.69) is 4.98 Å². The minimum absolute atomic E-state index is 0.0924. The number of ether oxygens (including phenoxy) is 1. The summed E-state index contributed by atoms with van der Waals surface area (Å²) in [6.07, 6.45) is -1.53. The molecule has 1 rings (SSSR count). The molecule has 17 heavy (non-hydrogen) atoms. The minimum atomic E-state index is -2.70. The van der Waals surface area contributed by atoms with Crippen LogP contribution in [0.2, 0.25) is 5.02 Å². The van der Waals surface area contributed by atoms with Crippen LogP contribution in [-0.4, -0.2) is 17.5 Å². The van der Waals surface area contributed by atoms with Crippen LogP contribution in [0.25, 0.3) is 0 Å². The Morgan fingerprint density at radius 1 is 1.47 bits per heavy atom. The van der Waals surface area contributed by atoms with E-state index in [-0.39, 0.29) is 22.6 Å². The Kier molecular flexibility index (Phi) is 4.27. The van der Waals surface area contributed by atoms with E-state index in [1.54, 1.807) is 0 Å². The highest BCUT2D eigenvalue weighted by Gasteiger charge is 2.33. The average Bonchev–Trinajstić information content (AvgIpc) is 2.20. The Labute approximate surface area is 104 Å². The Bertz CT molecular complexity index is 397. The number of hydrogen-bond acceptors (Lipinski definition) is 3. The zero-order valence-electron chi connectivity index (χ0n) is 9.88. The summed E-state index contributed by atoms with van der Waals surface area (Å²) in [5.41, 5.74) is 3.92. The number of pyridine rings is 1. The van der Waals surface area contributed by atoms with Crippen molar-refractivity contribution < 1.29 is 13.5 Å². The molecule has 0 aliphatic heterocycles. The Balaban J connectivity index is 3.04. The first-order valence-electron chi connectivity index (χ1n) is 5.15. The molecule has 0 saturated heterocycles. The lowest BCUT2D eigenvalue weighted by Crippen LogP contribution is -2.40. The summed E-state index contributed by atoms with van der Waals surface area (Å²) in [7, 11) is 0. The van der Waals surface area contributed by atoms with Crippen LogP contribution in [0.4, 0.5) is 8.78 Å². The van der Waals surface area contributed by atoms with Gasteiger partial charge in [-0.1, -0.05) is 11.6 Å². The van der Waals surface area contributed by atoms with Gasteiger partial charge in [0.15, 0.2) is 0 Å². The second kappa shape index (κ2) is 5.14. The summed E-state index contributed by atoms with van der Waals surface area (Å²) in [4.78, 5) is 3.90. The molecule has 0 saturated carbocycles. The summed E-state index contributed by atoms with van der Waals surface area (Å²) in [5.74, 6) is 0.218. The van der Waals surface area contributed by atoms with Crippen molar-refractivity contribution in [2.24, 2.45) is 5.73 Å². The van der Waals surface area contributed by atoms with Gasteiger partial charge < -0.3 is 10.5 Å². The van der Waals surface area contributed by atoms with E-state index < -0.39 is 12.0 Å². The zero-order valence-corrected chi connectivity index (χ0v) is 10.6. The predicted octanol–water partition coefficient (Wildman–Crippen LogP) is 2.96. The molecular weight excluding hydrogens is 250 g/mol. The minimum Gasteiger partial charge on any atom is -0.474 e. The van der Waals surface area contributed by atoms with Crippen LogP contribution in [0.15, 0.2) is 12.3 Å². The molecule has 1 unspecified atom stereocenters. The van der Waals surface area contributed by atoms with Crippen LogP contribution in [0.1, 0.15) is 26.3 Å². The second-order valence-electron chi connectivity index (χ2n) is 4.26. The quantitative estimate of drug-likeness (QED) is 0.910. The molecular formula is C11H15ClF2N2O. The molecule has 1 aromatic heterocycles. The number of nitrogens with zero attached hydrogens (tertiary/aromatic N) is 1. The van der Waals surface area contributed by atoms with Gasteiger partial charge in [-0.15, -0.1) is 0 Å². The number of nitrogens with two attached hydrogens (primary N) is 1. The van der Waals surface area contributed by atoms with Crippen molar-refractivity contribution in [1.82, 2.24) is 4.98 Å². The maximum atomic E-state index is 12.7. The van der Waals surface area contributed by atoms with Gasteiger partial charge in [-0.2, -0.15) is 0 Å². The van der Waals surface area contributed by atoms with Crippen molar-refractivity contribution in [3.05, 3.63) is 22.8 Å². The SMILES string of the molecule is CC(C)Oc1ncc(C(C)(N)C(F)F)cc1Cl. The molecule has 1 heterocycles. The topological polar surface area (TPSA) is 48.1 Å². The molecule has 6 heteroatoms. The lowest BCUT2D eigenvalue weighted by molar-refractivity contribution is 0.0622. The number of alkyl halides is 2. The van der Waals surface area contributed by atoms with Crippen molar-refractivity contribution in [3.8, 4) is 5.88 Å². The largest absolute Gasteiger partial charge is 0.474 e. The van der Waals surface area contributed by atoms with Gasteiger partial charge in [-0.05, 0) is 32.4 Å². The number of rotatable bonds is 4. The molecule has 0 fully saturated rings. The van der Waals surface area contributed by atoms with E-state index >= 15 is 0 Å². The molecule has 0 spiro atoms. The standard InChI is InChI=1S/C11H15ClF2N2O/c1-6(2)17-9-8(12)4-7(5-16-9)11(3,15)10(13)14/h4-6,10H,15H2,1-3H3. The van der Waals surface area contributed by atoms with Crippen LogP contribution in [0.3, 0.4) is 0 Å². The molecule has 1 aromatic rings. The van der Waals surface area contributed by atoms with Crippen molar-refractivity contribution in [2.45, 2.75) is 38.8 Å². The first-order chi connectivity index (χ1) is 7.75. The van der Waals surface area contributed by atoms with E-state index in [0.717, 1.165) is 0 Å². The van der Waals surface area contributed by atoms with Crippen molar-refractivity contribution in [2.75, 3.05) is 0 Å². The Morgan fingerprint density at radius 3 is 2.47 bits per heavy atom. The fourth-order valence-corrected chi connectivity index (χ4v) is 1.37. The molecule has 0 bridgehead atoms. The first kappa shape index (κ1) is 14.1. The third kappa shape index (κ3) is 3.26. The maximum absolute atomic E-state index is 12.7. The first-order valence-corrected chi connectivity index (χ1v) is 5.52. The average molecular weight is 265 g/mol. The molecule has 0 radical (unpaired) electrons. The van der Waals surface area contributed by atoms with E-state index in [0.29, 0.717) is 0 Å². The number of halogens is 3. The molecule has 96 valence electrons. The third-order valence-electron chi connectivity index (χ3n) is 2.23.